The van der Waals surface area contributed by atoms with Gasteiger partial charge in [0, 0.05) is 23.1 Å². The van der Waals surface area contributed by atoms with Crippen LogP contribution in [0.2, 0.25) is 5.02 Å². The van der Waals surface area contributed by atoms with Crippen LogP contribution in [-0.4, -0.2) is 29.7 Å². The lowest BCUT2D eigenvalue weighted by molar-refractivity contribution is -0.137. The van der Waals surface area contributed by atoms with Crippen LogP contribution < -0.4 is 4.90 Å². The van der Waals surface area contributed by atoms with E-state index in [2.05, 4.69) is 9.72 Å². The molecular formula is C15H15ClN2O3S2. The third kappa shape index (κ3) is 4.95. The topological polar surface area (TPSA) is 59.5 Å². The minimum atomic E-state index is -0.269. The van der Waals surface area contributed by atoms with Crippen molar-refractivity contribution in [3.63, 3.8) is 0 Å². The molecule has 0 bridgehead atoms. The number of benzene rings is 1. The summed E-state index contributed by atoms with van der Waals surface area (Å²) in [5.74, 6) is 0.436. The Kier molecular flexibility index (Phi) is 6.44. The van der Waals surface area contributed by atoms with Gasteiger partial charge >= 0.3 is 5.97 Å². The fourth-order valence-electron chi connectivity index (χ4n) is 1.81. The summed E-state index contributed by atoms with van der Waals surface area (Å²) in [6.07, 6.45) is 0. The maximum atomic E-state index is 12.0. The lowest BCUT2D eigenvalue weighted by atomic mass is 10.3. The lowest BCUT2D eigenvalue weighted by Crippen LogP contribution is -2.22. The van der Waals surface area contributed by atoms with E-state index in [1.165, 1.54) is 42.0 Å². The molecule has 0 aliphatic heterocycles. The molecule has 1 amide bonds. The number of methoxy groups -OCH3 is 1. The molecule has 1 heterocycles. The summed E-state index contributed by atoms with van der Waals surface area (Å²) in [5.41, 5.74) is 1.49. The van der Waals surface area contributed by atoms with E-state index in [1.54, 1.807) is 24.3 Å². The average Bonchev–Trinajstić information content (AvgIpc) is 2.95. The maximum Gasteiger partial charge on any atom is 0.315 e. The molecular weight excluding hydrogens is 356 g/mol. The van der Waals surface area contributed by atoms with E-state index in [9.17, 15) is 9.59 Å². The van der Waals surface area contributed by atoms with E-state index in [-0.39, 0.29) is 17.6 Å². The number of aromatic nitrogens is 1. The summed E-state index contributed by atoms with van der Waals surface area (Å²) >= 11 is 8.78. The van der Waals surface area contributed by atoms with Crippen molar-refractivity contribution < 1.29 is 14.3 Å². The molecule has 1 aromatic heterocycles. The molecule has 5 nitrogen and oxygen atoms in total. The van der Waals surface area contributed by atoms with Gasteiger partial charge in [0.15, 0.2) is 5.13 Å². The number of carbonyl (C=O) groups is 2. The minimum absolute atomic E-state index is 0.143. The van der Waals surface area contributed by atoms with Gasteiger partial charge in [-0.15, -0.1) is 23.1 Å². The van der Waals surface area contributed by atoms with Crippen molar-refractivity contribution >= 4 is 57.4 Å². The van der Waals surface area contributed by atoms with E-state index in [0.29, 0.717) is 21.6 Å². The van der Waals surface area contributed by atoms with Gasteiger partial charge in [-0.1, -0.05) is 17.7 Å². The molecule has 0 saturated carbocycles. The summed E-state index contributed by atoms with van der Waals surface area (Å²) in [5, 5.41) is 3.01. The Hall–Kier alpha value is -1.57. The van der Waals surface area contributed by atoms with E-state index in [0.717, 1.165) is 5.69 Å². The third-order valence-corrected chi connectivity index (χ3v) is 4.86. The number of ether oxygens (including phenoxy) is 1. The SMILES string of the molecule is COC(=O)CSCc1csc(N(C(C)=O)c2cccc(Cl)c2)n1. The minimum Gasteiger partial charge on any atom is -0.468 e. The Balaban J connectivity index is 2.12. The van der Waals surface area contributed by atoms with Gasteiger partial charge < -0.3 is 4.74 Å². The zero-order valence-corrected chi connectivity index (χ0v) is 15.0. The summed E-state index contributed by atoms with van der Waals surface area (Å²) in [6.45, 7) is 1.48. The highest BCUT2D eigenvalue weighted by Crippen LogP contribution is 2.31. The van der Waals surface area contributed by atoms with Gasteiger partial charge in [0.05, 0.1) is 24.2 Å². The molecule has 1 aromatic carbocycles. The first-order valence-corrected chi connectivity index (χ1v) is 9.07. The predicted octanol–water partition coefficient (Wildman–Crippen LogP) is 3.89. The maximum absolute atomic E-state index is 12.0. The summed E-state index contributed by atoms with van der Waals surface area (Å²) < 4.78 is 4.59. The fraction of sp³-hybridized carbons (Fsp3) is 0.267. The van der Waals surface area contributed by atoms with Crippen LogP contribution in [0.15, 0.2) is 29.6 Å². The summed E-state index contributed by atoms with van der Waals surface area (Å²) in [6, 6.07) is 7.06. The van der Waals surface area contributed by atoms with Crippen LogP contribution in [0.25, 0.3) is 0 Å². The Bertz CT molecular complexity index is 706. The number of hydrogen-bond donors (Lipinski definition) is 0. The number of rotatable bonds is 6. The molecule has 0 fully saturated rings. The van der Waals surface area contributed by atoms with Gasteiger partial charge in [-0.3, -0.25) is 14.5 Å². The zero-order valence-electron chi connectivity index (χ0n) is 12.6. The Morgan fingerprint density at radius 2 is 2.22 bits per heavy atom. The largest absolute Gasteiger partial charge is 0.468 e. The van der Waals surface area contributed by atoms with Crippen molar-refractivity contribution in [1.82, 2.24) is 4.98 Å². The number of anilines is 2. The van der Waals surface area contributed by atoms with Gasteiger partial charge in [-0.05, 0) is 18.2 Å². The second kappa shape index (κ2) is 8.33. The van der Waals surface area contributed by atoms with Crippen LogP contribution in [0.3, 0.4) is 0 Å². The van der Waals surface area contributed by atoms with Gasteiger partial charge in [0.1, 0.15) is 0 Å². The van der Waals surface area contributed by atoms with E-state index in [1.807, 2.05) is 5.38 Å². The van der Waals surface area contributed by atoms with Crippen molar-refractivity contribution in [2.45, 2.75) is 12.7 Å². The van der Waals surface area contributed by atoms with Gasteiger partial charge in [-0.25, -0.2) is 4.98 Å². The van der Waals surface area contributed by atoms with E-state index < -0.39 is 0 Å². The molecule has 0 atom stereocenters. The fourth-order valence-corrected chi connectivity index (χ4v) is 3.73. The van der Waals surface area contributed by atoms with Crippen LogP contribution in [-0.2, 0) is 20.1 Å². The smallest absolute Gasteiger partial charge is 0.315 e. The molecule has 0 N–H and O–H groups in total. The lowest BCUT2D eigenvalue weighted by Gasteiger charge is -2.18. The van der Waals surface area contributed by atoms with E-state index in [4.69, 9.17) is 11.6 Å². The average molecular weight is 371 g/mol. The molecule has 8 heteroatoms. The van der Waals surface area contributed by atoms with Gasteiger partial charge in [0.2, 0.25) is 5.91 Å². The first kappa shape index (κ1) is 17.8. The molecule has 122 valence electrons. The molecule has 0 unspecified atom stereocenters. The van der Waals surface area contributed by atoms with Crippen LogP contribution in [0, 0.1) is 0 Å². The first-order valence-electron chi connectivity index (χ1n) is 6.66. The molecule has 0 saturated heterocycles. The van der Waals surface area contributed by atoms with Crippen molar-refractivity contribution in [3.05, 3.63) is 40.4 Å². The number of thioether (sulfide) groups is 1. The van der Waals surface area contributed by atoms with Crippen molar-refractivity contribution in [2.24, 2.45) is 0 Å². The molecule has 2 aromatic rings. The highest BCUT2D eigenvalue weighted by molar-refractivity contribution is 7.99. The predicted molar refractivity (Wildman–Crippen MR) is 94.6 cm³/mol. The van der Waals surface area contributed by atoms with E-state index >= 15 is 0 Å². The van der Waals surface area contributed by atoms with Crippen molar-refractivity contribution in [2.75, 3.05) is 17.8 Å². The number of amides is 1. The van der Waals surface area contributed by atoms with Gasteiger partial charge in [-0.2, -0.15) is 0 Å². The molecule has 0 radical (unpaired) electrons. The Labute approximate surface area is 147 Å². The quantitative estimate of drug-likeness (QED) is 0.722. The van der Waals surface area contributed by atoms with Crippen LogP contribution in [0.4, 0.5) is 10.8 Å². The highest BCUT2D eigenvalue weighted by atomic mass is 35.5. The summed E-state index contributed by atoms with van der Waals surface area (Å²) in [7, 11) is 1.36. The Morgan fingerprint density at radius 1 is 1.43 bits per heavy atom. The van der Waals surface area contributed by atoms with Crippen molar-refractivity contribution in [3.8, 4) is 0 Å². The van der Waals surface area contributed by atoms with Gasteiger partial charge in [0.25, 0.3) is 0 Å². The zero-order chi connectivity index (χ0) is 16.8. The van der Waals surface area contributed by atoms with Crippen LogP contribution in [0.1, 0.15) is 12.6 Å². The van der Waals surface area contributed by atoms with Crippen molar-refractivity contribution in [1.29, 1.82) is 0 Å². The second-order valence-corrected chi connectivity index (χ2v) is 6.78. The molecule has 23 heavy (non-hydrogen) atoms. The number of hydrogen-bond acceptors (Lipinski definition) is 6. The summed E-state index contributed by atoms with van der Waals surface area (Å²) in [4.78, 5) is 29.1. The Morgan fingerprint density at radius 3 is 2.87 bits per heavy atom. The molecule has 0 spiro atoms. The monoisotopic (exact) mass is 370 g/mol. The molecule has 0 aliphatic rings. The normalized spacial score (nSPS) is 10.4. The van der Waals surface area contributed by atoms with Crippen LogP contribution >= 0.6 is 34.7 Å². The highest BCUT2D eigenvalue weighted by Gasteiger charge is 2.18. The molecule has 2 rings (SSSR count). The second-order valence-electron chi connectivity index (χ2n) is 4.52. The standard InChI is InChI=1S/C15H15ClN2O3S2/c1-10(19)18(13-5-3-4-11(16)6-13)15-17-12(8-23-15)7-22-9-14(20)21-2/h3-6,8H,7,9H2,1-2H3. The third-order valence-electron chi connectivity index (χ3n) is 2.81. The van der Waals surface area contributed by atoms with Crippen LogP contribution in [0.5, 0.6) is 0 Å². The number of carbonyl (C=O) groups excluding carboxylic acids is 2. The number of esters is 1. The first-order chi connectivity index (χ1) is 11.0. The molecule has 0 aliphatic carbocycles. The number of halogens is 1. The number of nitrogens with zero attached hydrogens (tertiary/aromatic N) is 2. The number of thiazole rings is 1.